The van der Waals surface area contributed by atoms with E-state index in [1.54, 1.807) is 7.11 Å². The van der Waals surface area contributed by atoms with E-state index < -0.39 is 0 Å². The fraction of sp³-hybridized carbons (Fsp3) is 0.647. The predicted octanol–water partition coefficient (Wildman–Crippen LogP) is 4.97. The van der Waals surface area contributed by atoms with Crippen molar-refractivity contribution in [3.05, 3.63) is 28.8 Å². The lowest BCUT2D eigenvalue weighted by molar-refractivity contribution is 0.223. The lowest BCUT2D eigenvalue weighted by Gasteiger charge is -2.36. The smallest absolute Gasteiger partial charge is 0.120 e. The van der Waals surface area contributed by atoms with Gasteiger partial charge in [0, 0.05) is 11.1 Å². The molecule has 20 heavy (non-hydrogen) atoms. The van der Waals surface area contributed by atoms with Crippen molar-refractivity contribution in [2.75, 3.05) is 13.7 Å². The fourth-order valence-electron chi connectivity index (χ4n) is 3.36. The van der Waals surface area contributed by atoms with Gasteiger partial charge in [-0.25, -0.2) is 0 Å². The molecule has 1 atom stereocenters. The standard InChI is InChI=1S/C17H26ClNO/c1-4-11-19-16(17(2)9-5-6-10-17)14-8-7-13(20-3)12-15(14)18/h7-8,12,16,19H,4-6,9-11H2,1-3H3. The molecule has 1 N–H and O–H groups in total. The molecule has 1 aliphatic carbocycles. The molecule has 3 heteroatoms. The molecular formula is C17H26ClNO. The van der Waals surface area contributed by atoms with Crippen LogP contribution < -0.4 is 10.1 Å². The lowest BCUT2D eigenvalue weighted by Crippen LogP contribution is -2.35. The minimum Gasteiger partial charge on any atom is -0.497 e. The number of methoxy groups -OCH3 is 1. The Morgan fingerprint density at radius 3 is 2.60 bits per heavy atom. The van der Waals surface area contributed by atoms with Gasteiger partial charge in [-0.05, 0) is 48.9 Å². The van der Waals surface area contributed by atoms with Crippen molar-refractivity contribution in [2.45, 2.75) is 52.0 Å². The summed E-state index contributed by atoms with van der Waals surface area (Å²) in [5.41, 5.74) is 1.53. The highest BCUT2D eigenvalue weighted by molar-refractivity contribution is 6.31. The number of hydrogen-bond donors (Lipinski definition) is 1. The van der Waals surface area contributed by atoms with Crippen LogP contribution in [0.25, 0.3) is 0 Å². The number of nitrogens with one attached hydrogen (secondary N) is 1. The first-order chi connectivity index (χ1) is 9.60. The van der Waals surface area contributed by atoms with E-state index >= 15 is 0 Å². The Kier molecular flexibility index (Phi) is 5.34. The van der Waals surface area contributed by atoms with Crippen LogP contribution in [-0.4, -0.2) is 13.7 Å². The molecule has 1 saturated carbocycles. The van der Waals surface area contributed by atoms with E-state index in [1.807, 2.05) is 12.1 Å². The molecule has 0 aromatic heterocycles. The average molecular weight is 296 g/mol. The van der Waals surface area contributed by atoms with Gasteiger partial charge in [0.1, 0.15) is 5.75 Å². The van der Waals surface area contributed by atoms with Gasteiger partial charge in [0.05, 0.1) is 7.11 Å². The first-order valence-corrected chi connectivity index (χ1v) is 8.05. The molecule has 2 rings (SSSR count). The quantitative estimate of drug-likeness (QED) is 0.800. The Morgan fingerprint density at radius 1 is 1.35 bits per heavy atom. The molecule has 0 bridgehead atoms. The Balaban J connectivity index is 2.30. The molecule has 0 saturated heterocycles. The summed E-state index contributed by atoms with van der Waals surface area (Å²) in [7, 11) is 1.68. The van der Waals surface area contributed by atoms with Crippen LogP contribution in [0.5, 0.6) is 5.75 Å². The van der Waals surface area contributed by atoms with Crippen LogP contribution in [0.2, 0.25) is 5.02 Å². The number of rotatable bonds is 6. The zero-order valence-corrected chi connectivity index (χ0v) is 13.6. The van der Waals surface area contributed by atoms with Gasteiger partial charge in [-0.3, -0.25) is 0 Å². The van der Waals surface area contributed by atoms with Gasteiger partial charge < -0.3 is 10.1 Å². The summed E-state index contributed by atoms with van der Waals surface area (Å²) in [6, 6.07) is 6.40. The zero-order chi connectivity index (χ0) is 14.6. The van der Waals surface area contributed by atoms with Crippen molar-refractivity contribution in [3.8, 4) is 5.75 Å². The van der Waals surface area contributed by atoms with E-state index in [0.717, 1.165) is 23.7 Å². The number of hydrogen-bond acceptors (Lipinski definition) is 2. The van der Waals surface area contributed by atoms with Crippen LogP contribution in [0, 0.1) is 5.41 Å². The number of ether oxygens (including phenoxy) is 1. The van der Waals surface area contributed by atoms with Crippen LogP contribution >= 0.6 is 11.6 Å². The SMILES string of the molecule is CCCNC(c1ccc(OC)cc1Cl)C1(C)CCCC1. The van der Waals surface area contributed by atoms with Gasteiger partial charge in [-0.2, -0.15) is 0 Å². The summed E-state index contributed by atoms with van der Waals surface area (Å²) in [5, 5.41) is 4.53. The molecule has 0 radical (unpaired) electrons. The van der Waals surface area contributed by atoms with E-state index in [-0.39, 0.29) is 0 Å². The summed E-state index contributed by atoms with van der Waals surface area (Å²) in [6.07, 6.45) is 6.34. The highest BCUT2D eigenvalue weighted by Gasteiger charge is 2.38. The third-order valence-electron chi connectivity index (χ3n) is 4.56. The van der Waals surface area contributed by atoms with Crippen molar-refractivity contribution >= 4 is 11.6 Å². The second-order valence-electron chi connectivity index (χ2n) is 6.14. The number of benzene rings is 1. The van der Waals surface area contributed by atoms with E-state index in [0.29, 0.717) is 11.5 Å². The average Bonchev–Trinajstić information content (AvgIpc) is 2.88. The van der Waals surface area contributed by atoms with Gasteiger partial charge >= 0.3 is 0 Å². The lowest BCUT2D eigenvalue weighted by atomic mass is 9.77. The van der Waals surface area contributed by atoms with Crippen molar-refractivity contribution in [3.63, 3.8) is 0 Å². The van der Waals surface area contributed by atoms with E-state index in [1.165, 1.54) is 31.2 Å². The molecular weight excluding hydrogens is 270 g/mol. The van der Waals surface area contributed by atoms with Crippen molar-refractivity contribution < 1.29 is 4.74 Å². The highest BCUT2D eigenvalue weighted by Crippen LogP contribution is 2.48. The topological polar surface area (TPSA) is 21.3 Å². The molecule has 0 heterocycles. The third-order valence-corrected chi connectivity index (χ3v) is 4.89. The normalized spacial score (nSPS) is 19.0. The van der Waals surface area contributed by atoms with Crippen LogP contribution in [0.3, 0.4) is 0 Å². The van der Waals surface area contributed by atoms with Crippen LogP contribution in [0.4, 0.5) is 0 Å². The molecule has 0 amide bonds. The summed E-state index contributed by atoms with van der Waals surface area (Å²) >= 11 is 6.50. The molecule has 1 aromatic carbocycles. The molecule has 2 nitrogen and oxygen atoms in total. The summed E-state index contributed by atoms with van der Waals surface area (Å²) < 4.78 is 5.26. The molecule has 0 aliphatic heterocycles. The maximum Gasteiger partial charge on any atom is 0.120 e. The maximum atomic E-state index is 6.50. The van der Waals surface area contributed by atoms with Gasteiger partial charge in [0.15, 0.2) is 0 Å². The van der Waals surface area contributed by atoms with Gasteiger partial charge in [0.2, 0.25) is 0 Å². The highest BCUT2D eigenvalue weighted by atomic mass is 35.5. The van der Waals surface area contributed by atoms with Gasteiger partial charge in [-0.1, -0.05) is 44.4 Å². The molecule has 1 aliphatic rings. The van der Waals surface area contributed by atoms with Crippen LogP contribution in [0.1, 0.15) is 57.6 Å². The third kappa shape index (κ3) is 3.29. The Bertz CT molecular complexity index is 441. The summed E-state index contributed by atoms with van der Waals surface area (Å²) in [4.78, 5) is 0. The fourth-order valence-corrected chi connectivity index (χ4v) is 3.64. The van der Waals surface area contributed by atoms with Gasteiger partial charge in [0.25, 0.3) is 0 Å². The van der Waals surface area contributed by atoms with E-state index in [2.05, 4.69) is 25.2 Å². The monoisotopic (exact) mass is 295 g/mol. The Hall–Kier alpha value is -0.730. The van der Waals surface area contributed by atoms with Gasteiger partial charge in [-0.15, -0.1) is 0 Å². The van der Waals surface area contributed by atoms with E-state index in [9.17, 15) is 0 Å². The molecule has 112 valence electrons. The summed E-state index contributed by atoms with van der Waals surface area (Å²) in [6.45, 7) is 5.63. The van der Waals surface area contributed by atoms with Crippen molar-refractivity contribution in [2.24, 2.45) is 5.41 Å². The summed E-state index contributed by atoms with van der Waals surface area (Å²) in [5.74, 6) is 0.824. The molecule has 1 fully saturated rings. The Labute approximate surface area is 127 Å². The van der Waals surface area contributed by atoms with Crippen LogP contribution in [0.15, 0.2) is 18.2 Å². The molecule has 1 aromatic rings. The van der Waals surface area contributed by atoms with Crippen LogP contribution in [-0.2, 0) is 0 Å². The largest absolute Gasteiger partial charge is 0.497 e. The minimum atomic E-state index is 0.313. The Morgan fingerprint density at radius 2 is 2.05 bits per heavy atom. The maximum absolute atomic E-state index is 6.50. The second kappa shape index (κ2) is 6.82. The van der Waals surface area contributed by atoms with Crippen molar-refractivity contribution in [1.82, 2.24) is 5.32 Å². The zero-order valence-electron chi connectivity index (χ0n) is 12.8. The first-order valence-electron chi connectivity index (χ1n) is 7.67. The first kappa shape index (κ1) is 15.7. The van der Waals surface area contributed by atoms with Crippen molar-refractivity contribution in [1.29, 1.82) is 0 Å². The second-order valence-corrected chi connectivity index (χ2v) is 6.54. The number of halogens is 1. The molecule has 0 spiro atoms. The molecule has 1 unspecified atom stereocenters. The minimum absolute atomic E-state index is 0.313. The van der Waals surface area contributed by atoms with E-state index in [4.69, 9.17) is 16.3 Å². The predicted molar refractivity (Wildman–Crippen MR) is 85.6 cm³/mol.